The second kappa shape index (κ2) is 7.28. The molecule has 0 amide bonds. The molecule has 4 rings (SSSR count). The zero-order valence-electron chi connectivity index (χ0n) is 15.9. The summed E-state index contributed by atoms with van der Waals surface area (Å²) in [4.78, 5) is 20.2. The average molecular weight is 490 g/mol. The molecule has 0 bridgehead atoms. The minimum atomic E-state index is -0.471. The third-order valence-electron chi connectivity index (χ3n) is 5.24. The Morgan fingerprint density at radius 1 is 1.38 bits per heavy atom. The maximum Gasteiger partial charge on any atom is 0.162 e. The number of aromatic nitrogens is 1. The first-order valence-electron chi connectivity index (χ1n) is 9.05. The Morgan fingerprint density at radius 2 is 2.14 bits per heavy atom. The number of carbonyl (C=O) groups is 1. The zero-order chi connectivity index (χ0) is 20.9. The van der Waals surface area contributed by atoms with Gasteiger partial charge in [0.25, 0.3) is 0 Å². The first-order valence-corrected chi connectivity index (χ1v) is 11.0. The Labute approximate surface area is 186 Å². The lowest BCUT2D eigenvalue weighted by molar-refractivity contribution is -0.118. The summed E-state index contributed by atoms with van der Waals surface area (Å²) in [6.07, 6.45) is 2.65. The van der Waals surface area contributed by atoms with Crippen molar-refractivity contribution in [2.45, 2.75) is 32.6 Å². The summed E-state index contributed by atoms with van der Waals surface area (Å²) < 4.78 is 0.937. The lowest BCUT2D eigenvalue weighted by Crippen LogP contribution is -2.42. The average Bonchev–Trinajstić information content (AvgIpc) is 3.07. The second-order valence-corrected chi connectivity index (χ2v) is 10.8. The molecule has 2 N–H and O–H groups in total. The normalized spacial score (nSPS) is 21.3. The van der Waals surface area contributed by atoms with Gasteiger partial charge in [-0.1, -0.05) is 25.4 Å². The molecule has 148 valence electrons. The molecule has 2 aromatic heterocycles. The minimum Gasteiger partial charge on any atom is -0.384 e. The summed E-state index contributed by atoms with van der Waals surface area (Å²) in [6, 6.07) is 9.69. The first kappa shape index (κ1) is 20.1. The molecule has 0 fully saturated rings. The monoisotopic (exact) mass is 488 g/mol. The minimum absolute atomic E-state index is 0.0380. The molecule has 1 aliphatic heterocycles. The lowest BCUT2D eigenvalue weighted by atomic mass is 9.69. The fraction of sp³-hybridized carbons (Fsp3) is 0.286. The molecule has 0 unspecified atom stereocenters. The Morgan fingerprint density at radius 3 is 2.76 bits per heavy atom. The van der Waals surface area contributed by atoms with Gasteiger partial charge in [0, 0.05) is 28.8 Å². The number of thiophene rings is 1. The molecular formula is C21H18BrClN4OS. The SMILES string of the molecule is CC1(C)CC(=O)C2=C(C1)N(c1cccnc1Cl)C(N)=C(C#N)[C@@H]2c1ccc(Br)s1. The van der Waals surface area contributed by atoms with Crippen LogP contribution >= 0.6 is 38.9 Å². The maximum atomic E-state index is 13.4. The van der Waals surface area contributed by atoms with Crippen LogP contribution in [0.4, 0.5) is 5.69 Å². The Hall–Kier alpha value is -2.14. The largest absolute Gasteiger partial charge is 0.384 e. The van der Waals surface area contributed by atoms with E-state index in [9.17, 15) is 10.1 Å². The van der Waals surface area contributed by atoms with Crippen LogP contribution in [-0.4, -0.2) is 10.8 Å². The van der Waals surface area contributed by atoms with E-state index in [-0.39, 0.29) is 16.4 Å². The van der Waals surface area contributed by atoms with Gasteiger partial charge >= 0.3 is 0 Å². The van der Waals surface area contributed by atoms with Gasteiger partial charge in [0.05, 0.1) is 27.0 Å². The van der Waals surface area contributed by atoms with E-state index in [4.69, 9.17) is 17.3 Å². The number of ketones is 1. The quantitative estimate of drug-likeness (QED) is 0.563. The molecule has 29 heavy (non-hydrogen) atoms. The van der Waals surface area contributed by atoms with Crippen LogP contribution in [0, 0.1) is 16.7 Å². The number of pyridine rings is 1. The molecule has 5 nitrogen and oxygen atoms in total. The fourth-order valence-electron chi connectivity index (χ4n) is 4.10. The second-order valence-electron chi connectivity index (χ2n) is 7.94. The summed E-state index contributed by atoms with van der Waals surface area (Å²) in [5.41, 5.74) is 8.68. The van der Waals surface area contributed by atoms with Gasteiger partial charge in [-0.25, -0.2) is 4.98 Å². The summed E-state index contributed by atoms with van der Waals surface area (Å²) in [6.45, 7) is 4.13. The molecule has 0 saturated heterocycles. The number of nitriles is 1. The Kier molecular flexibility index (Phi) is 5.06. The molecular weight excluding hydrogens is 472 g/mol. The number of halogens is 2. The van der Waals surface area contributed by atoms with Crippen LogP contribution < -0.4 is 10.6 Å². The molecule has 0 spiro atoms. The molecule has 2 aliphatic rings. The summed E-state index contributed by atoms with van der Waals surface area (Å²) in [5.74, 6) is -0.140. The van der Waals surface area contributed by atoms with Crippen molar-refractivity contribution in [3.8, 4) is 6.07 Å². The van der Waals surface area contributed by atoms with Crippen LogP contribution in [0.2, 0.25) is 5.15 Å². The standard InChI is InChI=1S/C21H18BrClN4OS/c1-21(2)8-13-18(14(28)9-21)17(15-5-6-16(22)29-15)11(10-24)20(25)27(13)12-4-3-7-26-19(12)23/h3-7,17H,8-9,25H2,1-2H3/t17-/m1/s1. The van der Waals surface area contributed by atoms with Crippen molar-refractivity contribution in [3.05, 3.63) is 66.9 Å². The van der Waals surface area contributed by atoms with E-state index in [1.807, 2.05) is 12.1 Å². The van der Waals surface area contributed by atoms with Crippen molar-refractivity contribution in [2.24, 2.45) is 11.1 Å². The summed E-state index contributed by atoms with van der Waals surface area (Å²) in [5, 5.41) is 10.3. The van der Waals surface area contributed by atoms with E-state index in [2.05, 4.69) is 40.8 Å². The van der Waals surface area contributed by atoms with Crippen molar-refractivity contribution < 1.29 is 4.79 Å². The smallest absolute Gasteiger partial charge is 0.162 e. The fourth-order valence-corrected chi connectivity index (χ4v) is 5.84. The van der Waals surface area contributed by atoms with E-state index in [1.54, 1.807) is 23.2 Å². The van der Waals surface area contributed by atoms with Gasteiger partial charge in [-0.05, 0) is 52.0 Å². The molecule has 3 heterocycles. The highest BCUT2D eigenvalue weighted by Gasteiger charge is 2.45. The van der Waals surface area contributed by atoms with E-state index in [0.717, 1.165) is 14.4 Å². The van der Waals surface area contributed by atoms with E-state index >= 15 is 0 Å². The maximum absolute atomic E-state index is 13.4. The van der Waals surface area contributed by atoms with Gasteiger partial charge in [0.2, 0.25) is 0 Å². The van der Waals surface area contributed by atoms with Crippen molar-refractivity contribution in [2.75, 3.05) is 4.90 Å². The van der Waals surface area contributed by atoms with Gasteiger partial charge in [0.15, 0.2) is 10.9 Å². The molecule has 0 radical (unpaired) electrons. The number of hydrogen-bond acceptors (Lipinski definition) is 6. The number of anilines is 1. The highest BCUT2D eigenvalue weighted by Crippen LogP contribution is 2.51. The molecule has 1 atom stereocenters. The molecule has 0 aromatic carbocycles. The Bertz CT molecular complexity index is 1130. The molecule has 2 aromatic rings. The van der Waals surface area contributed by atoms with Gasteiger partial charge in [0.1, 0.15) is 5.82 Å². The molecule has 8 heteroatoms. The highest BCUT2D eigenvalue weighted by atomic mass is 79.9. The van der Waals surface area contributed by atoms with E-state index in [1.165, 1.54) is 11.3 Å². The van der Waals surface area contributed by atoms with Crippen LogP contribution in [0.25, 0.3) is 0 Å². The van der Waals surface area contributed by atoms with Crippen LogP contribution in [0.1, 0.15) is 37.5 Å². The topological polar surface area (TPSA) is 83.0 Å². The summed E-state index contributed by atoms with van der Waals surface area (Å²) >= 11 is 11.4. The van der Waals surface area contributed by atoms with Crippen LogP contribution in [-0.2, 0) is 4.79 Å². The molecule has 1 aliphatic carbocycles. The number of Topliss-reactive ketones (excluding diaryl/α,β-unsaturated/α-hetero) is 1. The lowest BCUT2D eigenvalue weighted by Gasteiger charge is -2.43. The van der Waals surface area contributed by atoms with Crippen LogP contribution in [0.3, 0.4) is 0 Å². The van der Waals surface area contributed by atoms with Gasteiger partial charge in [-0.15, -0.1) is 11.3 Å². The first-order chi connectivity index (χ1) is 13.7. The third-order valence-corrected chi connectivity index (χ3v) is 7.22. The van der Waals surface area contributed by atoms with Gasteiger partial charge in [-0.2, -0.15) is 5.26 Å². The highest BCUT2D eigenvalue weighted by molar-refractivity contribution is 9.11. The third kappa shape index (κ3) is 3.39. The van der Waals surface area contributed by atoms with Crippen molar-refractivity contribution in [1.82, 2.24) is 4.98 Å². The van der Waals surface area contributed by atoms with Crippen LogP contribution in [0.15, 0.2) is 56.9 Å². The van der Waals surface area contributed by atoms with Gasteiger partial charge < -0.3 is 5.73 Å². The van der Waals surface area contributed by atoms with Crippen molar-refractivity contribution in [1.29, 1.82) is 5.26 Å². The van der Waals surface area contributed by atoms with Crippen molar-refractivity contribution in [3.63, 3.8) is 0 Å². The van der Waals surface area contributed by atoms with Crippen molar-refractivity contribution >= 4 is 50.3 Å². The van der Waals surface area contributed by atoms with E-state index < -0.39 is 5.92 Å². The number of nitrogens with zero attached hydrogens (tertiary/aromatic N) is 3. The number of nitrogens with two attached hydrogens (primary N) is 1. The van der Waals surface area contributed by atoms with Gasteiger partial charge in [-0.3, -0.25) is 9.69 Å². The number of carbonyl (C=O) groups excluding carboxylic acids is 1. The number of rotatable bonds is 2. The predicted octanol–water partition coefficient (Wildman–Crippen LogP) is 5.50. The zero-order valence-corrected chi connectivity index (χ0v) is 19.0. The van der Waals surface area contributed by atoms with Crippen LogP contribution in [0.5, 0.6) is 0 Å². The summed E-state index contributed by atoms with van der Waals surface area (Å²) in [7, 11) is 0. The predicted molar refractivity (Wildman–Crippen MR) is 118 cm³/mol. The Balaban J connectivity index is 2.02. The number of allylic oxidation sites excluding steroid dienone is 3. The van der Waals surface area contributed by atoms with E-state index in [0.29, 0.717) is 35.5 Å². The molecule has 0 saturated carbocycles. The number of hydrogen-bond donors (Lipinski definition) is 1.